The zero-order valence-electron chi connectivity index (χ0n) is 24.3. The Labute approximate surface area is 246 Å². The first-order chi connectivity index (χ1) is 20.3. The van der Waals surface area contributed by atoms with E-state index >= 15 is 0 Å². The summed E-state index contributed by atoms with van der Waals surface area (Å²) in [6.07, 6.45) is 1.28. The molecule has 4 heteroatoms. The number of aromatic carboxylic acids is 1. The predicted octanol–water partition coefficient (Wildman–Crippen LogP) is 9.66. The molecule has 4 nitrogen and oxygen atoms in total. The maximum absolute atomic E-state index is 12.4. The third-order valence-electron chi connectivity index (χ3n) is 8.01. The lowest BCUT2D eigenvalue weighted by atomic mass is 9.85. The molecule has 0 fully saturated rings. The van der Waals surface area contributed by atoms with E-state index in [9.17, 15) is 9.90 Å². The number of benzene rings is 5. The van der Waals surface area contributed by atoms with Crippen LogP contribution in [0, 0.1) is 0 Å². The van der Waals surface area contributed by atoms with Crippen LogP contribution in [0.1, 0.15) is 48.8 Å². The molecule has 0 saturated heterocycles. The minimum absolute atomic E-state index is 0.0808. The Morgan fingerprint density at radius 1 is 0.738 bits per heavy atom. The second-order valence-electron chi connectivity index (χ2n) is 11.8. The summed E-state index contributed by atoms with van der Waals surface area (Å²) in [6, 6.07) is 37.4. The SMILES string of the molecule is CC(C)(C)c1ccc(-c2ccccc2-c2cccc3c(CCCOc4cccc5ccccc45)c(C(=O)O)[nH]c23)cc1. The Kier molecular flexibility index (Phi) is 7.30. The molecule has 0 spiro atoms. The molecule has 6 aromatic rings. The summed E-state index contributed by atoms with van der Waals surface area (Å²) in [4.78, 5) is 15.7. The lowest BCUT2D eigenvalue weighted by molar-refractivity contribution is 0.0690. The highest BCUT2D eigenvalue weighted by molar-refractivity contribution is 6.04. The van der Waals surface area contributed by atoms with Crippen LogP contribution in [-0.4, -0.2) is 22.7 Å². The molecule has 42 heavy (non-hydrogen) atoms. The minimum Gasteiger partial charge on any atom is -0.493 e. The summed E-state index contributed by atoms with van der Waals surface area (Å²) in [7, 11) is 0. The second kappa shape index (κ2) is 11.2. The van der Waals surface area contributed by atoms with E-state index in [4.69, 9.17) is 4.74 Å². The van der Waals surface area contributed by atoms with Gasteiger partial charge in [-0.1, -0.05) is 124 Å². The maximum atomic E-state index is 12.4. The Hall–Kier alpha value is -4.83. The lowest BCUT2D eigenvalue weighted by Crippen LogP contribution is -2.10. The molecular formula is C38H35NO3. The van der Waals surface area contributed by atoms with Gasteiger partial charge in [0.25, 0.3) is 0 Å². The molecule has 5 aromatic carbocycles. The van der Waals surface area contributed by atoms with Gasteiger partial charge in [0.15, 0.2) is 0 Å². The summed E-state index contributed by atoms with van der Waals surface area (Å²) in [5, 5.41) is 13.3. The van der Waals surface area contributed by atoms with Crippen LogP contribution < -0.4 is 4.74 Å². The molecule has 0 aliphatic carbocycles. The number of fused-ring (bicyclic) bond motifs is 2. The first-order valence-electron chi connectivity index (χ1n) is 14.5. The van der Waals surface area contributed by atoms with Crippen molar-refractivity contribution in [3.63, 3.8) is 0 Å². The van der Waals surface area contributed by atoms with Crippen molar-refractivity contribution in [1.29, 1.82) is 0 Å². The van der Waals surface area contributed by atoms with Gasteiger partial charge in [-0.25, -0.2) is 4.79 Å². The summed E-state index contributed by atoms with van der Waals surface area (Å²) in [5.74, 6) is -0.104. The van der Waals surface area contributed by atoms with Crippen LogP contribution in [0.2, 0.25) is 0 Å². The third kappa shape index (κ3) is 5.28. The fourth-order valence-corrected chi connectivity index (χ4v) is 5.81. The number of carbonyl (C=O) groups is 1. The molecule has 0 atom stereocenters. The van der Waals surface area contributed by atoms with Crippen LogP contribution in [-0.2, 0) is 11.8 Å². The molecule has 1 aromatic heterocycles. The van der Waals surface area contributed by atoms with Crippen LogP contribution in [0.15, 0.2) is 109 Å². The number of aromatic nitrogens is 1. The van der Waals surface area contributed by atoms with Gasteiger partial charge in [0.05, 0.1) is 12.1 Å². The van der Waals surface area contributed by atoms with Crippen LogP contribution in [0.4, 0.5) is 0 Å². The van der Waals surface area contributed by atoms with Gasteiger partial charge < -0.3 is 14.8 Å². The molecule has 6 rings (SSSR count). The lowest BCUT2D eigenvalue weighted by Gasteiger charge is -2.19. The van der Waals surface area contributed by atoms with E-state index in [1.54, 1.807) is 0 Å². The molecule has 0 unspecified atom stereocenters. The normalized spacial score (nSPS) is 11.7. The van der Waals surface area contributed by atoms with E-state index in [1.807, 2.05) is 42.5 Å². The van der Waals surface area contributed by atoms with Crippen molar-refractivity contribution in [3.8, 4) is 28.0 Å². The van der Waals surface area contributed by atoms with Crippen molar-refractivity contribution in [2.45, 2.75) is 39.0 Å². The topological polar surface area (TPSA) is 62.3 Å². The summed E-state index contributed by atoms with van der Waals surface area (Å²) < 4.78 is 6.16. The molecule has 0 aliphatic rings. The Morgan fingerprint density at radius 3 is 2.14 bits per heavy atom. The number of hydrogen-bond donors (Lipinski definition) is 2. The quantitative estimate of drug-likeness (QED) is 0.184. The number of aromatic amines is 1. The maximum Gasteiger partial charge on any atom is 0.352 e. The van der Waals surface area contributed by atoms with Gasteiger partial charge in [-0.15, -0.1) is 0 Å². The zero-order valence-corrected chi connectivity index (χ0v) is 24.3. The molecule has 2 N–H and O–H groups in total. The highest BCUT2D eigenvalue weighted by Crippen LogP contribution is 2.38. The number of carboxylic acids is 1. The Morgan fingerprint density at radius 2 is 1.38 bits per heavy atom. The van der Waals surface area contributed by atoms with Gasteiger partial charge in [-0.05, 0) is 57.5 Å². The van der Waals surface area contributed by atoms with Crippen LogP contribution in [0.25, 0.3) is 43.9 Å². The van der Waals surface area contributed by atoms with Gasteiger partial charge >= 0.3 is 5.97 Å². The highest BCUT2D eigenvalue weighted by atomic mass is 16.5. The molecule has 0 radical (unpaired) electrons. The zero-order chi connectivity index (χ0) is 29.3. The third-order valence-corrected chi connectivity index (χ3v) is 8.01. The van der Waals surface area contributed by atoms with Crippen LogP contribution in [0.5, 0.6) is 5.75 Å². The molecule has 0 amide bonds. The number of para-hydroxylation sites is 1. The van der Waals surface area contributed by atoms with E-state index in [-0.39, 0.29) is 11.1 Å². The molecule has 1 heterocycles. The van der Waals surface area contributed by atoms with E-state index in [1.165, 1.54) is 5.56 Å². The van der Waals surface area contributed by atoms with E-state index in [2.05, 4.69) is 92.5 Å². The fourth-order valence-electron chi connectivity index (χ4n) is 5.81. The average molecular weight is 554 g/mol. The average Bonchev–Trinajstić information content (AvgIpc) is 3.38. The van der Waals surface area contributed by atoms with E-state index in [0.29, 0.717) is 19.4 Å². The molecular weight excluding hydrogens is 518 g/mol. The first-order valence-corrected chi connectivity index (χ1v) is 14.5. The van der Waals surface area contributed by atoms with Crippen LogP contribution >= 0.6 is 0 Å². The number of carboxylic acid groups (broad SMARTS) is 1. The van der Waals surface area contributed by atoms with E-state index < -0.39 is 5.97 Å². The predicted molar refractivity (Wildman–Crippen MR) is 173 cm³/mol. The fraction of sp³-hybridized carbons (Fsp3) is 0.184. The number of nitrogens with one attached hydrogen (secondary N) is 1. The summed E-state index contributed by atoms with van der Waals surface area (Å²) in [6.45, 7) is 7.15. The summed E-state index contributed by atoms with van der Waals surface area (Å²) >= 11 is 0. The summed E-state index contributed by atoms with van der Waals surface area (Å²) in [5.41, 5.74) is 7.57. The second-order valence-corrected chi connectivity index (χ2v) is 11.8. The van der Waals surface area contributed by atoms with Crippen molar-refractivity contribution < 1.29 is 14.6 Å². The van der Waals surface area contributed by atoms with Crippen molar-refractivity contribution >= 4 is 27.6 Å². The van der Waals surface area contributed by atoms with Crippen LogP contribution in [0.3, 0.4) is 0 Å². The first kappa shape index (κ1) is 27.3. The van der Waals surface area contributed by atoms with Gasteiger partial charge in [-0.2, -0.15) is 0 Å². The minimum atomic E-state index is -0.951. The number of ether oxygens (including phenoxy) is 1. The molecule has 0 bridgehead atoms. The number of rotatable bonds is 8. The smallest absolute Gasteiger partial charge is 0.352 e. The monoisotopic (exact) mass is 553 g/mol. The van der Waals surface area contributed by atoms with E-state index in [0.717, 1.165) is 55.2 Å². The molecule has 0 saturated carbocycles. The molecule has 210 valence electrons. The van der Waals surface area contributed by atoms with Crippen molar-refractivity contribution in [2.75, 3.05) is 6.61 Å². The largest absolute Gasteiger partial charge is 0.493 e. The van der Waals surface area contributed by atoms with Gasteiger partial charge in [0.2, 0.25) is 0 Å². The standard InChI is InChI=1S/C38H35NO3/c1-38(2,3)27-22-20-26(21-23-27)28-13-6-7-15-30(28)31-16-9-17-32-33(36(37(40)41)39-35(31)32)18-10-24-42-34-19-8-12-25-11-4-5-14-29(25)34/h4-9,11-17,19-23,39H,10,18,24H2,1-3H3,(H,40,41). The number of H-pyrrole nitrogens is 1. The van der Waals surface area contributed by atoms with Gasteiger partial charge in [0, 0.05) is 16.3 Å². The van der Waals surface area contributed by atoms with Gasteiger partial charge in [-0.3, -0.25) is 0 Å². The number of hydrogen-bond acceptors (Lipinski definition) is 2. The Balaban J connectivity index is 1.31. The molecule has 0 aliphatic heterocycles. The van der Waals surface area contributed by atoms with Crippen molar-refractivity contribution in [1.82, 2.24) is 4.98 Å². The van der Waals surface area contributed by atoms with Crippen molar-refractivity contribution in [3.05, 3.63) is 126 Å². The van der Waals surface area contributed by atoms with Gasteiger partial charge in [0.1, 0.15) is 11.4 Å². The number of aryl methyl sites for hydroxylation is 1. The highest BCUT2D eigenvalue weighted by Gasteiger charge is 2.20. The Bertz CT molecular complexity index is 1890. The van der Waals surface area contributed by atoms with Crippen molar-refractivity contribution in [2.24, 2.45) is 0 Å².